The summed E-state index contributed by atoms with van der Waals surface area (Å²) in [4.78, 5) is 0. The van der Waals surface area contributed by atoms with Crippen LogP contribution < -0.4 is 0 Å². The molecule has 1 atom stereocenters. The van der Waals surface area contributed by atoms with Gasteiger partial charge in [0.2, 0.25) is 0 Å². The summed E-state index contributed by atoms with van der Waals surface area (Å²) >= 11 is 0. The van der Waals surface area contributed by atoms with E-state index in [1.807, 2.05) is 0 Å². The molecule has 1 saturated carbocycles. The number of rotatable bonds is 5. The van der Waals surface area contributed by atoms with Gasteiger partial charge in [-0.15, -0.1) is 0 Å². The molecule has 1 fully saturated rings. The lowest BCUT2D eigenvalue weighted by Crippen LogP contribution is -2.09. The molecule has 0 bridgehead atoms. The zero-order valence-corrected chi connectivity index (χ0v) is 10.6. The SMILES string of the molecule is CC(C)P(=O)(F)OCCC1CCCCC1. The molecular formula is C11H22FO2P. The number of halogens is 1. The van der Waals surface area contributed by atoms with Crippen molar-refractivity contribution in [3.05, 3.63) is 0 Å². The third-order valence-corrected chi connectivity index (χ3v) is 4.90. The Morgan fingerprint density at radius 3 is 2.47 bits per heavy atom. The maximum Gasteiger partial charge on any atom is 0.369 e. The molecule has 90 valence electrons. The highest BCUT2D eigenvalue weighted by Crippen LogP contribution is 2.53. The van der Waals surface area contributed by atoms with Gasteiger partial charge in [0.05, 0.1) is 12.3 Å². The monoisotopic (exact) mass is 236 g/mol. The minimum atomic E-state index is -3.83. The van der Waals surface area contributed by atoms with Gasteiger partial charge >= 0.3 is 7.68 Å². The molecule has 0 spiro atoms. The van der Waals surface area contributed by atoms with E-state index in [1.165, 1.54) is 32.1 Å². The van der Waals surface area contributed by atoms with Gasteiger partial charge in [-0.25, -0.2) is 0 Å². The highest BCUT2D eigenvalue weighted by Gasteiger charge is 2.27. The summed E-state index contributed by atoms with van der Waals surface area (Å²) in [5.41, 5.74) is -0.510. The van der Waals surface area contributed by atoms with Gasteiger partial charge in [-0.05, 0) is 12.3 Å². The van der Waals surface area contributed by atoms with Crippen molar-refractivity contribution >= 4 is 7.68 Å². The quantitative estimate of drug-likeness (QED) is 0.655. The van der Waals surface area contributed by atoms with Gasteiger partial charge in [0.25, 0.3) is 0 Å². The Bertz CT molecular complexity index is 225. The van der Waals surface area contributed by atoms with Crippen molar-refractivity contribution in [2.45, 2.75) is 58.0 Å². The second-order valence-corrected chi connectivity index (χ2v) is 7.07. The van der Waals surface area contributed by atoms with E-state index in [1.54, 1.807) is 13.8 Å². The minimum Gasteiger partial charge on any atom is -0.305 e. The second-order valence-electron chi connectivity index (χ2n) is 4.74. The van der Waals surface area contributed by atoms with E-state index in [0.29, 0.717) is 12.5 Å². The van der Waals surface area contributed by atoms with E-state index < -0.39 is 13.3 Å². The Morgan fingerprint density at radius 2 is 1.93 bits per heavy atom. The zero-order valence-electron chi connectivity index (χ0n) is 9.75. The molecule has 2 nitrogen and oxygen atoms in total. The molecule has 1 aliphatic rings. The molecule has 0 aliphatic heterocycles. The van der Waals surface area contributed by atoms with E-state index >= 15 is 0 Å². The molecule has 0 aromatic rings. The first kappa shape index (κ1) is 13.2. The van der Waals surface area contributed by atoms with E-state index in [-0.39, 0.29) is 0 Å². The summed E-state index contributed by atoms with van der Waals surface area (Å²) in [6, 6.07) is 0. The number of hydrogen-bond acceptors (Lipinski definition) is 2. The van der Waals surface area contributed by atoms with Crippen molar-refractivity contribution in [1.29, 1.82) is 0 Å². The van der Waals surface area contributed by atoms with Crippen molar-refractivity contribution in [3.8, 4) is 0 Å². The van der Waals surface area contributed by atoms with E-state index in [9.17, 15) is 8.76 Å². The van der Waals surface area contributed by atoms with Crippen LogP contribution >= 0.6 is 7.68 Å². The van der Waals surface area contributed by atoms with Gasteiger partial charge in [-0.3, -0.25) is 4.57 Å². The molecule has 4 heteroatoms. The lowest BCUT2D eigenvalue weighted by atomic mass is 9.87. The molecule has 0 radical (unpaired) electrons. The summed E-state index contributed by atoms with van der Waals surface area (Å²) in [5.74, 6) is 0.658. The molecule has 0 aromatic heterocycles. The van der Waals surface area contributed by atoms with Gasteiger partial charge in [-0.2, -0.15) is 4.20 Å². The summed E-state index contributed by atoms with van der Waals surface area (Å²) in [6.07, 6.45) is 7.19. The fourth-order valence-corrected chi connectivity index (χ4v) is 2.62. The summed E-state index contributed by atoms with van der Waals surface area (Å²) in [7, 11) is -3.83. The Labute approximate surface area is 92.2 Å². The van der Waals surface area contributed by atoms with Crippen LogP contribution in [0.3, 0.4) is 0 Å². The van der Waals surface area contributed by atoms with Crippen LogP contribution in [0.1, 0.15) is 52.4 Å². The van der Waals surface area contributed by atoms with Gasteiger partial charge < -0.3 is 4.52 Å². The summed E-state index contributed by atoms with van der Waals surface area (Å²) < 4.78 is 29.4. The Balaban J connectivity index is 2.17. The van der Waals surface area contributed by atoms with Crippen LogP contribution in [0.15, 0.2) is 0 Å². The largest absolute Gasteiger partial charge is 0.369 e. The molecule has 1 rings (SSSR count). The molecule has 1 unspecified atom stereocenters. The van der Waals surface area contributed by atoms with Crippen molar-refractivity contribution in [2.24, 2.45) is 5.92 Å². The van der Waals surface area contributed by atoms with Crippen LogP contribution in [-0.2, 0) is 9.09 Å². The zero-order chi connectivity index (χ0) is 11.3. The molecule has 0 aromatic carbocycles. The fourth-order valence-electron chi connectivity index (χ4n) is 1.97. The first-order chi connectivity index (χ1) is 7.02. The van der Waals surface area contributed by atoms with Crippen LogP contribution in [0.25, 0.3) is 0 Å². The number of hydrogen-bond donors (Lipinski definition) is 0. The van der Waals surface area contributed by atoms with E-state index in [2.05, 4.69) is 0 Å². The molecule has 15 heavy (non-hydrogen) atoms. The van der Waals surface area contributed by atoms with E-state index in [0.717, 1.165) is 6.42 Å². The predicted molar refractivity (Wildman–Crippen MR) is 61.0 cm³/mol. The lowest BCUT2D eigenvalue weighted by Gasteiger charge is -2.22. The standard InChI is InChI=1S/C11H22FO2P/c1-10(2)15(12,13)14-9-8-11-6-4-3-5-7-11/h10-11H,3-9H2,1-2H3. The molecule has 0 heterocycles. The highest BCUT2D eigenvalue weighted by atomic mass is 31.2. The average molecular weight is 236 g/mol. The maximum absolute atomic E-state index is 13.3. The third-order valence-electron chi connectivity index (χ3n) is 3.13. The highest BCUT2D eigenvalue weighted by molar-refractivity contribution is 7.54. The smallest absolute Gasteiger partial charge is 0.305 e. The molecule has 0 amide bonds. The topological polar surface area (TPSA) is 26.3 Å². The van der Waals surface area contributed by atoms with Crippen molar-refractivity contribution in [3.63, 3.8) is 0 Å². The first-order valence-corrected chi connectivity index (χ1v) is 7.55. The molecule has 0 N–H and O–H groups in total. The average Bonchev–Trinajstić information content (AvgIpc) is 2.19. The van der Waals surface area contributed by atoms with Gasteiger partial charge in [-0.1, -0.05) is 46.0 Å². The Morgan fingerprint density at radius 1 is 1.33 bits per heavy atom. The van der Waals surface area contributed by atoms with Crippen LogP contribution in [0.5, 0.6) is 0 Å². The van der Waals surface area contributed by atoms with E-state index in [4.69, 9.17) is 4.52 Å². The molecule has 0 saturated heterocycles. The van der Waals surface area contributed by atoms with Crippen LogP contribution in [0.2, 0.25) is 0 Å². The van der Waals surface area contributed by atoms with Gasteiger partial charge in [0.15, 0.2) is 0 Å². The van der Waals surface area contributed by atoms with Crippen molar-refractivity contribution < 1.29 is 13.3 Å². The molecular weight excluding hydrogens is 214 g/mol. The first-order valence-electron chi connectivity index (χ1n) is 5.96. The minimum absolute atomic E-state index is 0.316. The second kappa shape index (κ2) is 6.00. The summed E-state index contributed by atoms with van der Waals surface area (Å²) in [6.45, 7) is 3.51. The third kappa shape index (κ3) is 4.65. The van der Waals surface area contributed by atoms with Crippen LogP contribution in [-0.4, -0.2) is 12.3 Å². The normalized spacial score (nSPS) is 22.9. The van der Waals surface area contributed by atoms with Crippen LogP contribution in [0, 0.1) is 5.92 Å². The predicted octanol–water partition coefficient (Wildman–Crippen LogP) is 4.54. The molecule has 1 aliphatic carbocycles. The van der Waals surface area contributed by atoms with Crippen molar-refractivity contribution in [2.75, 3.05) is 6.61 Å². The summed E-state index contributed by atoms with van der Waals surface area (Å²) in [5, 5.41) is 0. The van der Waals surface area contributed by atoms with Crippen LogP contribution in [0.4, 0.5) is 4.20 Å². The maximum atomic E-state index is 13.3. The Kier molecular flexibility index (Phi) is 5.28. The Hall–Kier alpha value is 0.120. The van der Waals surface area contributed by atoms with Gasteiger partial charge in [0.1, 0.15) is 0 Å². The fraction of sp³-hybridized carbons (Fsp3) is 1.00. The lowest BCUT2D eigenvalue weighted by molar-refractivity contribution is 0.231. The van der Waals surface area contributed by atoms with Crippen molar-refractivity contribution in [1.82, 2.24) is 0 Å². The van der Waals surface area contributed by atoms with Gasteiger partial charge in [0, 0.05) is 0 Å².